The molecule has 0 spiro atoms. The molecule has 0 aliphatic rings. The molecule has 4 nitrogen and oxygen atoms in total. The Morgan fingerprint density at radius 1 is 0.686 bits per heavy atom. The first-order valence-electron chi connectivity index (χ1n) is 11.4. The second-order valence-corrected chi connectivity index (χ2v) is 9.39. The van der Waals surface area contributed by atoms with Gasteiger partial charge in [0.05, 0.1) is 11.2 Å². The van der Waals surface area contributed by atoms with E-state index in [9.17, 15) is 9.59 Å². The summed E-state index contributed by atoms with van der Waals surface area (Å²) in [6.07, 6.45) is 0.0222. The molecule has 1 atom stereocenters. The number of nitrogens with two attached hydrogens (primary N) is 1. The van der Waals surface area contributed by atoms with Crippen LogP contribution < -0.4 is 5.73 Å². The van der Waals surface area contributed by atoms with Gasteiger partial charge in [-0.05, 0) is 22.3 Å². The Kier molecular flexibility index (Phi) is 8.14. The molecule has 0 saturated heterocycles. The third-order valence-electron chi connectivity index (χ3n) is 5.73. The van der Waals surface area contributed by atoms with Crippen molar-refractivity contribution in [3.63, 3.8) is 0 Å². The zero-order valence-electron chi connectivity index (χ0n) is 19.2. The van der Waals surface area contributed by atoms with E-state index in [0.29, 0.717) is 0 Å². The molecule has 0 fully saturated rings. The highest BCUT2D eigenvalue weighted by molar-refractivity contribution is 8.00. The first-order valence-corrected chi connectivity index (χ1v) is 12.4. The molecular weight excluding hydrogens is 454 g/mol. The Balaban J connectivity index is 1.58. The van der Waals surface area contributed by atoms with Crippen molar-refractivity contribution in [2.75, 3.05) is 5.75 Å². The van der Waals surface area contributed by atoms with Crippen LogP contribution in [0.25, 0.3) is 0 Å². The smallest absolute Gasteiger partial charge is 0.331 e. The van der Waals surface area contributed by atoms with Gasteiger partial charge >= 0.3 is 11.9 Å². The van der Waals surface area contributed by atoms with E-state index in [4.69, 9.17) is 10.5 Å². The minimum Gasteiger partial charge on any atom is -0.392 e. The number of thioether (sulfide) groups is 1. The summed E-state index contributed by atoms with van der Waals surface area (Å²) in [5, 5.41) is 0. The third kappa shape index (κ3) is 5.88. The molecular formula is C30H27NO3S. The summed E-state index contributed by atoms with van der Waals surface area (Å²) in [4.78, 5) is 25.0. The predicted molar refractivity (Wildman–Crippen MR) is 141 cm³/mol. The fourth-order valence-electron chi connectivity index (χ4n) is 4.04. The van der Waals surface area contributed by atoms with E-state index in [-0.39, 0.29) is 12.2 Å². The molecule has 4 aromatic carbocycles. The number of hydrogen-bond acceptors (Lipinski definition) is 5. The summed E-state index contributed by atoms with van der Waals surface area (Å²) in [7, 11) is 0. The van der Waals surface area contributed by atoms with Crippen LogP contribution in [0.2, 0.25) is 0 Å². The van der Waals surface area contributed by atoms with E-state index in [1.807, 2.05) is 84.9 Å². The van der Waals surface area contributed by atoms with Crippen molar-refractivity contribution in [2.24, 2.45) is 5.73 Å². The fourth-order valence-corrected chi connectivity index (χ4v) is 5.51. The van der Waals surface area contributed by atoms with Gasteiger partial charge in [-0.3, -0.25) is 4.79 Å². The van der Waals surface area contributed by atoms with Crippen LogP contribution in [0.5, 0.6) is 0 Å². The van der Waals surface area contributed by atoms with E-state index in [1.165, 1.54) is 0 Å². The zero-order valence-corrected chi connectivity index (χ0v) is 20.1. The van der Waals surface area contributed by atoms with Crippen molar-refractivity contribution < 1.29 is 14.3 Å². The Bertz CT molecular complexity index is 1140. The van der Waals surface area contributed by atoms with E-state index >= 15 is 0 Å². The molecule has 0 amide bonds. The van der Waals surface area contributed by atoms with Crippen LogP contribution in [-0.4, -0.2) is 23.7 Å². The lowest BCUT2D eigenvalue weighted by atomic mass is 9.84. The summed E-state index contributed by atoms with van der Waals surface area (Å²) in [5.41, 5.74) is 10.3. The number of carbonyl (C=O) groups excluding carboxylic acids is 2. The second-order valence-electron chi connectivity index (χ2n) is 8.15. The van der Waals surface area contributed by atoms with Crippen molar-refractivity contribution >= 4 is 23.7 Å². The minimum absolute atomic E-state index is 0.0222. The van der Waals surface area contributed by atoms with Crippen LogP contribution in [0.4, 0.5) is 0 Å². The van der Waals surface area contributed by atoms with Crippen LogP contribution in [0.15, 0.2) is 121 Å². The normalized spacial score (nSPS) is 12.0. The van der Waals surface area contributed by atoms with Crippen LogP contribution in [0, 0.1) is 0 Å². The quantitative estimate of drug-likeness (QED) is 0.198. The Morgan fingerprint density at radius 3 is 1.51 bits per heavy atom. The first kappa shape index (κ1) is 24.5. The molecule has 4 rings (SSSR count). The van der Waals surface area contributed by atoms with Crippen molar-refractivity contribution in [1.29, 1.82) is 0 Å². The molecule has 0 aliphatic carbocycles. The highest BCUT2D eigenvalue weighted by Gasteiger charge is 2.38. The van der Waals surface area contributed by atoms with Crippen molar-refractivity contribution in [1.82, 2.24) is 0 Å². The number of ether oxygens (including phenoxy) is 1. The largest absolute Gasteiger partial charge is 0.392 e. The molecule has 176 valence electrons. The summed E-state index contributed by atoms with van der Waals surface area (Å²) < 4.78 is 4.48. The van der Waals surface area contributed by atoms with Crippen LogP contribution >= 0.6 is 11.8 Å². The molecule has 5 heteroatoms. The average Bonchev–Trinajstić information content (AvgIpc) is 2.91. The van der Waals surface area contributed by atoms with E-state index in [1.54, 1.807) is 11.8 Å². The van der Waals surface area contributed by atoms with Crippen LogP contribution in [0.3, 0.4) is 0 Å². The van der Waals surface area contributed by atoms with Crippen LogP contribution in [-0.2, 0) is 25.5 Å². The molecule has 0 aliphatic heterocycles. The van der Waals surface area contributed by atoms with Gasteiger partial charge < -0.3 is 10.5 Å². The van der Waals surface area contributed by atoms with E-state index < -0.39 is 22.7 Å². The van der Waals surface area contributed by atoms with Gasteiger partial charge in [0.1, 0.15) is 6.04 Å². The maximum absolute atomic E-state index is 12.7. The molecule has 0 unspecified atom stereocenters. The number of carbonyl (C=O) groups is 2. The molecule has 0 aromatic heterocycles. The maximum atomic E-state index is 12.7. The van der Waals surface area contributed by atoms with Gasteiger partial charge in [0, 0.05) is 5.75 Å². The Morgan fingerprint density at radius 2 is 1.09 bits per heavy atom. The number of esters is 2. The van der Waals surface area contributed by atoms with E-state index in [2.05, 4.69) is 36.4 Å². The predicted octanol–water partition coefficient (Wildman–Crippen LogP) is 5.35. The molecule has 0 bridgehead atoms. The van der Waals surface area contributed by atoms with Crippen LogP contribution in [0.1, 0.15) is 22.3 Å². The molecule has 0 saturated carbocycles. The summed E-state index contributed by atoms with van der Waals surface area (Å²) in [6.45, 7) is 0. The van der Waals surface area contributed by atoms with Gasteiger partial charge in [0.15, 0.2) is 0 Å². The molecule has 0 radical (unpaired) electrons. The molecule has 0 heterocycles. The monoisotopic (exact) mass is 481 g/mol. The standard InChI is InChI=1S/C30H27NO3S/c31-27(29(33)34-28(32)21-23-13-5-1-6-14-23)22-35-30(24-15-7-2-8-16-24,25-17-9-3-10-18-25)26-19-11-4-12-20-26/h1-20,27H,21-22,31H2/t27-/m0/s1. The second kappa shape index (κ2) is 11.6. The number of rotatable bonds is 9. The lowest BCUT2D eigenvalue weighted by Gasteiger charge is -2.36. The lowest BCUT2D eigenvalue weighted by molar-refractivity contribution is -0.159. The molecule has 35 heavy (non-hydrogen) atoms. The SMILES string of the molecule is N[C@@H](CSC(c1ccccc1)(c1ccccc1)c1ccccc1)C(=O)OC(=O)Cc1ccccc1. The Labute approximate surface area is 210 Å². The highest BCUT2D eigenvalue weighted by Crippen LogP contribution is 2.48. The summed E-state index contributed by atoms with van der Waals surface area (Å²) in [5.74, 6) is -1.07. The van der Waals surface area contributed by atoms with E-state index in [0.717, 1.165) is 22.3 Å². The fraction of sp³-hybridized carbons (Fsp3) is 0.133. The minimum atomic E-state index is -0.963. The first-order chi connectivity index (χ1) is 17.1. The maximum Gasteiger partial charge on any atom is 0.331 e. The van der Waals surface area contributed by atoms with Gasteiger partial charge in [-0.25, -0.2) is 4.79 Å². The average molecular weight is 482 g/mol. The topological polar surface area (TPSA) is 69.4 Å². The number of benzene rings is 4. The van der Waals surface area contributed by atoms with Gasteiger partial charge in [0.2, 0.25) is 0 Å². The Hall–Kier alpha value is -3.67. The van der Waals surface area contributed by atoms with Crippen molar-refractivity contribution in [2.45, 2.75) is 17.2 Å². The molecule has 2 N–H and O–H groups in total. The van der Waals surface area contributed by atoms with Gasteiger partial charge in [-0.15, -0.1) is 11.8 Å². The van der Waals surface area contributed by atoms with Gasteiger partial charge in [0.25, 0.3) is 0 Å². The third-order valence-corrected chi connectivity index (χ3v) is 7.39. The van der Waals surface area contributed by atoms with Crippen molar-refractivity contribution in [3.8, 4) is 0 Å². The van der Waals surface area contributed by atoms with Gasteiger partial charge in [-0.2, -0.15) is 0 Å². The zero-order chi connectivity index (χ0) is 24.5. The summed E-state index contributed by atoms with van der Waals surface area (Å²) in [6, 6.07) is 38.7. The lowest BCUT2D eigenvalue weighted by Crippen LogP contribution is -2.38. The van der Waals surface area contributed by atoms with Gasteiger partial charge in [-0.1, -0.05) is 121 Å². The highest BCUT2D eigenvalue weighted by atomic mass is 32.2. The number of hydrogen-bond donors (Lipinski definition) is 1. The van der Waals surface area contributed by atoms with Crippen molar-refractivity contribution in [3.05, 3.63) is 144 Å². The summed E-state index contributed by atoms with van der Waals surface area (Å²) >= 11 is 1.56. The molecule has 4 aromatic rings.